The van der Waals surface area contributed by atoms with Crippen LogP contribution < -0.4 is 10.9 Å². The highest BCUT2D eigenvalue weighted by Crippen LogP contribution is 2.40. The number of aromatic nitrogens is 2. The first-order valence-electron chi connectivity index (χ1n) is 9.34. The zero-order valence-electron chi connectivity index (χ0n) is 15.8. The van der Waals surface area contributed by atoms with Gasteiger partial charge in [0.1, 0.15) is 5.65 Å². The Labute approximate surface area is 181 Å². The van der Waals surface area contributed by atoms with Crippen LogP contribution in [0.5, 0.6) is 0 Å². The molecule has 0 spiro atoms. The van der Waals surface area contributed by atoms with E-state index in [1.807, 2.05) is 6.07 Å². The Morgan fingerprint density at radius 1 is 1.23 bits per heavy atom. The van der Waals surface area contributed by atoms with Crippen molar-refractivity contribution in [1.29, 1.82) is 0 Å². The van der Waals surface area contributed by atoms with Crippen molar-refractivity contribution in [2.45, 2.75) is 18.3 Å². The number of hydrogen-bond acceptors (Lipinski definition) is 6. The molecule has 8 nitrogen and oxygen atoms in total. The van der Waals surface area contributed by atoms with Crippen molar-refractivity contribution in [3.63, 3.8) is 0 Å². The lowest BCUT2D eigenvalue weighted by Gasteiger charge is -2.38. The smallest absolute Gasteiger partial charge is 0.376 e. The normalized spacial score (nSPS) is 15.8. The second kappa shape index (κ2) is 8.22. The van der Waals surface area contributed by atoms with Crippen LogP contribution in [0.2, 0.25) is 10.0 Å². The number of nitrogens with one attached hydrogen (secondary N) is 1. The number of hydrogen-bond donors (Lipinski definition) is 1. The van der Waals surface area contributed by atoms with E-state index in [0.29, 0.717) is 48.3 Å². The third-order valence-corrected chi connectivity index (χ3v) is 5.99. The minimum Gasteiger partial charge on any atom is -0.381 e. The molecule has 156 valence electrons. The molecule has 0 radical (unpaired) electrons. The maximum atomic E-state index is 12.7. The summed E-state index contributed by atoms with van der Waals surface area (Å²) < 4.78 is 6.68. The van der Waals surface area contributed by atoms with Gasteiger partial charge in [0.25, 0.3) is 0 Å². The zero-order valence-corrected chi connectivity index (χ0v) is 17.3. The van der Waals surface area contributed by atoms with Crippen molar-refractivity contribution < 1.29 is 9.66 Å². The van der Waals surface area contributed by atoms with Gasteiger partial charge in [0, 0.05) is 41.4 Å². The summed E-state index contributed by atoms with van der Waals surface area (Å²) >= 11 is 12.5. The number of fused-ring (bicyclic) bond motifs is 1. The third-order valence-electron chi connectivity index (χ3n) is 5.44. The first-order valence-corrected chi connectivity index (χ1v) is 10.1. The fourth-order valence-electron chi connectivity index (χ4n) is 3.84. The van der Waals surface area contributed by atoms with Crippen molar-refractivity contribution in [3.8, 4) is 0 Å². The average molecular weight is 449 g/mol. The van der Waals surface area contributed by atoms with Gasteiger partial charge in [-0.25, -0.2) is 4.98 Å². The van der Waals surface area contributed by atoms with Crippen molar-refractivity contribution in [3.05, 3.63) is 78.7 Å². The van der Waals surface area contributed by atoms with Crippen LogP contribution in [0.25, 0.3) is 5.65 Å². The fraction of sp³-hybridized carbons (Fsp3) is 0.300. The van der Waals surface area contributed by atoms with Crippen molar-refractivity contribution in [1.82, 2.24) is 9.38 Å². The molecule has 4 rings (SSSR count). The Morgan fingerprint density at radius 3 is 2.70 bits per heavy atom. The first-order chi connectivity index (χ1) is 14.4. The van der Waals surface area contributed by atoms with E-state index in [2.05, 4.69) is 10.3 Å². The van der Waals surface area contributed by atoms with E-state index in [4.69, 9.17) is 27.9 Å². The Morgan fingerprint density at radius 2 is 2.00 bits per heavy atom. The first kappa shape index (κ1) is 20.6. The largest absolute Gasteiger partial charge is 0.381 e. The number of nitro groups is 1. The molecule has 1 N–H and O–H groups in total. The van der Waals surface area contributed by atoms with Gasteiger partial charge in [0.2, 0.25) is 5.82 Å². The summed E-state index contributed by atoms with van der Waals surface area (Å²) in [5.74, 6) is -0.0628. The maximum absolute atomic E-state index is 12.7. The number of halogens is 2. The number of pyridine rings is 1. The summed E-state index contributed by atoms with van der Waals surface area (Å²) in [7, 11) is 0. The molecule has 0 aliphatic carbocycles. The summed E-state index contributed by atoms with van der Waals surface area (Å²) in [4.78, 5) is 27.9. The number of benzene rings is 1. The van der Waals surface area contributed by atoms with Gasteiger partial charge in [-0.1, -0.05) is 35.3 Å². The summed E-state index contributed by atoms with van der Waals surface area (Å²) in [5, 5.41) is 15.7. The Hall–Kier alpha value is -2.68. The molecule has 0 atom stereocenters. The lowest BCUT2D eigenvalue weighted by atomic mass is 9.74. The number of nitrogens with zero attached hydrogens (tertiary/aromatic N) is 3. The Kier molecular flexibility index (Phi) is 5.64. The van der Waals surface area contributed by atoms with Gasteiger partial charge < -0.3 is 10.1 Å². The third kappa shape index (κ3) is 3.74. The summed E-state index contributed by atoms with van der Waals surface area (Å²) in [6, 6.07) is 10.3. The zero-order chi connectivity index (χ0) is 21.3. The van der Waals surface area contributed by atoms with E-state index in [9.17, 15) is 14.9 Å². The van der Waals surface area contributed by atoms with E-state index >= 15 is 0 Å². The molecule has 3 aromatic rings. The lowest BCUT2D eigenvalue weighted by molar-refractivity contribution is -0.385. The summed E-state index contributed by atoms with van der Waals surface area (Å²) in [5.41, 5.74) is -0.579. The van der Waals surface area contributed by atoms with Crippen molar-refractivity contribution in [2.24, 2.45) is 0 Å². The SMILES string of the molecule is O=c1c([N+](=O)[O-])c(NCC2(c3ccc(Cl)cc3Cl)CCOCC2)nc2ccccn12. The Bertz CT molecular complexity index is 1180. The van der Waals surface area contributed by atoms with Gasteiger partial charge >= 0.3 is 11.2 Å². The Balaban J connectivity index is 1.76. The monoisotopic (exact) mass is 448 g/mol. The molecule has 10 heteroatoms. The van der Waals surface area contributed by atoms with E-state index < -0.39 is 21.6 Å². The molecule has 1 saturated heterocycles. The van der Waals surface area contributed by atoms with Crippen LogP contribution in [0.15, 0.2) is 47.4 Å². The van der Waals surface area contributed by atoms with Gasteiger partial charge in [0.05, 0.1) is 4.92 Å². The predicted octanol–water partition coefficient (Wildman–Crippen LogP) is 4.07. The minimum atomic E-state index is -0.737. The summed E-state index contributed by atoms with van der Waals surface area (Å²) in [6.07, 6.45) is 2.76. The average Bonchev–Trinajstić information content (AvgIpc) is 2.72. The molecule has 0 unspecified atom stereocenters. The second-order valence-corrected chi connectivity index (χ2v) is 8.01. The molecule has 0 bridgehead atoms. The molecule has 30 heavy (non-hydrogen) atoms. The molecule has 2 aromatic heterocycles. The molecule has 1 aromatic carbocycles. The predicted molar refractivity (Wildman–Crippen MR) is 115 cm³/mol. The molecule has 1 fully saturated rings. The van der Waals surface area contributed by atoms with Crippen molar-refractivity contribution >= 4 is 40.4 Å². The van der Waals surface area contributed by atoms with Crippen LogP contribution in [0.4, 0.5) is 11.5 Å². The highest BCUT2D eigenvalue weighted by molar-refractivity contribution is 6.35. The van der Waals surface area contributed by atoms with E-state index in [1.165, 1.54) is 6.20 Å². The van der Waals surface area contributed by atoms with Crippen molar-refractivity contribution in [2.75, 3.05) is 25.1 Å². The lowest BCUT2D eigenvalue weighted by Crippen LogP contribution is -2.40. The summed E-state index contributed by atoms with van der Waals surface area (Å²) in [6.45, 7) is 1.35. The molecule has 1 aliphatic rings. The second-order valence-electron chi connectivity index (χ2n) is 7.17. The molecule has 0 saturated carbocycles. The fourth-order valence-corrected chi connectivity index (χ4v) is 4.45. The van der Waals surface area contributed by atoms with E-state index in [0.717, 1.165) is 9.96 Å². The highest BCUT2D eigenvalue weighted by Gasteiger charge is 2.37. The van der Waals surface area contributed by atoms with E-state index in [1.54, 1.807) is 30.3 Å². The standard InChI is InChI=1S/C20H18Cl2N4O4/c21-13-4-5-14(15(22)11-13)20(6-9-30-10-7-20)12-23-18-17(26(28)29)19(27)25-8-2-1-3-16(25)24-18/h1-5,8,11,23H,6-7,9-10,12H2. The van der Waals surface area contributed by atoms with Crippen LogP contribution in [-0.4, -0.2) is 34.1 Å². The van der Waals surface area contributed by atoms with Crippen LogP contribution in [-0.2, 0) is 10.2 Å². The van der Waals surface area contributed by atoms with Gasteiger partial charge in [-0.15, -0.1) is 0 Å². The van der Waals surface area contributed by atoms with E-state index in [-0.39, 0.29) is 5.82 Å². The number of ether oxygens (including phenoxy) is 1. The molecular weight excluding hydrogens is 431 g/mol. The van der Waals surface area contributed by atoms with Gasteiger partial charge in [-0.05, 0) is 42.7 Å². The highest BCUT2D eigenvalue weighted by atomic mass is 35.5. The number of anilines is 1. The molecular formula is C20H18Cl2N4O4. The molecule has 0 amide bonds. The van der Waals surface area contributed by atoms with Crippen LogP contribution >= 0.6 is 23.2 Å². The molecule has 3 heterocycles. The van der Waals surface area contributed by atoms with Crippen LogP contribution in [0.3, 0.4) is 0 Å². The topological polar surface area (TPSA) is 98.8 Å². The quantitative estimate of drug-likeness (QED) is 0.466. The van der Waals surface area contributed by atoms with Gasteiger partial charge in [-0.3, -0.25) is 19.3 Å². The van der Waals surface area contributed by atoms with Crippen LogP contribution in [0, 0.1) is 10.1 Å². The number of rotatable bonds is 5. The van der Waals surface area contributed by atoms with Gasteiger partial charge in [0.15, 0.2) is 0 Å². The van der Waals surface area contributed by atoms with Crippen LogP contribution in [0.1, 0.15) is 18.4 Å². The maximum Gasteiger partial charge on any atom is 0.376 e. The van der Waals surface area contributed by atoms with Gasteiger partial charge in [-0.2, -0.15) is 0 Å². The minimum absolute atomic E-state index is 0.0628. The molecule has 1 aliphatic heterocycles.